The van der Waals surface area contributed by atoms with Crippen LogP contribution in [-0.4, -0.2) is 11.9 Å². The smallest absolute Gasteiger partial charge is 0.223 e. The van der Waals surface area contributed by atoms with Gasteiger partial charge in [-0.05, 0) is 62.1 Å². The van der Waals surface area contributed by atoms with Gasteiger partial charge in [0.1, 0.15) is 5.82 Å². The molecule has 1 aromatic rings. The summed E-state index contributed by atoms with van der Waals surface area (Å²) in [5.74, 6) is 1.90. The zero-order valence-electron chi connectivity index (χ0n) is 11.2. The van der Waals surface area contributed by atoms with E-state index in [0.29, 0.717) is 0 Å². The van der Waals surface area contributed by atoms with Crippen LogP contribution in [0.5, 0.6) is 0 Å². The highest BCUT2D eigenvalue weighted by Gasteiger charge is 2.48. The van der Waals surface area contributed by atoms with E-state index in [-0.39, 0.29) is 23.7 Å². The largest absolute Gasteiger partial charge is 0.353 e. The molecule has 0 radical (unpaired) electrons. The van der Waals surface area contributed by atoms with Gasteiger partial charge in [-0.25, -0.2) is 4.39 Å². The van der Waals surface area contributed by atoms with Crippen LogP contribution in [0.4, 0.5) is 4.39 Å². The van der Waals surface area contributed by atoms with Gasteiger partial charge in [0.05, 0.1) is 0 Å². The summed E-state index contributed by atoms with van der Waals surface area (Å²) in [5.41, 5.74) is 1.06. The van der Waals surface area contributed by atoms with Gasteiger partial charge in [-0.1, -0.05) is 12.1 Å². The predicted octanol–water partition coefficient (Wildman–Crippen LogP) is 2.92. The van der Waals surface area contributed by atoms with E-state index in [9.17, 15) is 9.18 Å². The summed E-state index contributed by atoms with van der Waals surface area (Å²) >= 11 is 0. The van der Waals surface area contributed by atoms with Gasteiger partial charge in [-0.15, -0.1) is 0 Å². The van der Waals surface area contributed by atoms with Gasteiger partial charge in [-0.3, -0.25) is 4.79 Å². The third-order valence-electron chi connectivity index (χ3n) is 4.46. The van der Waals surface area contributed by atoms with Crippen molar-refractivity contribution in [2.75, 3.05) is 0 Å². The highest BCUT2D eigenvalue weighted by molar-refractivity contribution is 5.79. The predicted molar refractivity (Wildman–Crippen MR) is 72.0 cm³/mol. The highest BCUT2D eigenvalue weighted by Crippen LogP contribution is 2.54. The molecule has 2 saturated carbocycles. The molecule has 0 heterocycles. The Labute approximate surface area is 113 Å². The molecule has 0 bridgehead atoms. The molecule has 0 saturated heterocycles. The van der Waals surface area contributed by atoms with E-state index in [0.717, 1.165) is 36.7 Å². The number of hydrogen-bond acceptors (Lipinski definition) is 1. The van der Waals surface area contributed by atoms with E-state index in [1.54, 1.807) is 12.1 Å². The van der Waals surface area contributed by atoms with Crippen LogP contribution in [0.3, 0.4) is 0 Å². The van der Waals surface area contributed by atoms with Gasteiger partial charge in [0.2, 0.25) is 5.91 Å². The summed E-state index contributed by atoms with van der Waals surface area (Å²) in [6, 6.07) is 6.60. The molecule has 0 spiro atoms. The second kappa shape index (κ2) is 4.95. The van der Waals surface area contributed by atoms with Gasteiger partial charge in [0, 0.05) is 12.0 Å². The number of carbonyl (C=O) groups is 1. The number of carbonyl (C=O) groups excluding carboxylic acids is 1. The van der Waals surface area contributed by atoms with E-state index in [1.807, 2.05) is 6.92 Å². The Morgan fingerprint density at radius 2 is 1.89 bits per heavy atom. The van der Waals surface area contributed by atoms with Crippen LogP contribution >= 0.6 is 0 Å². The summed E-state index contributed by atoms with van der Waals surface area (Å²) in [5, 5.41) is 3.09. The van der Waals surface area contributed by atoms with Crippen LogP contribution in [0.15, 0.2) is 24.3 Å². The zero-order valence-corrected chi connectivity index (χ0v) is 11.2. The molecule has 0 aromatic heterocycles. The minimum absolute atomic E-state index is 0.106. The van der Waals surface area contributed by atoms with E-state index in [2.05, 4.69) is 5.32 Å². The molecule has 1 aromatic carbocycles. The number of nitrogens with one attached hydrogen (secondary N) is 1. The molecule has 1 N–H and O–H groups in total. The Morgan fingerprint density at radius 3 is 2.53 bits per heavy atom. The van der Waals surface area contributed by atoms with Crippen molar-refractivity contribution in [3.63, 3.8) is 0 Å². The quantitative estimate of drug-likeness (QED) is 0.887. The van der Waals surface area contributed by atoms with Crippen molar-refractivity contribution in [1.82, 2.24) is 5.32 Å². The van der Waals surface area contributed by atoms with Crippen molar-refractivity contribution in [1.29, 1.82) is 0 Å². The van der Waals surface area contributed by atoms with E-state index in [4.69, 9.17) is 0 Å². The number of halogens is 1. The third-order valence-corrected chi connectivity index (χ3v) is 4.46. The zero-order chi connectivity index (χ0) is 13.4. The summed E-state index contributed by atoms with van der Waals surface area (Å²) in [7, 11) is 0. The molecule has 102 valence electrons. The van der Waals surface area contributed by atoms with Gasteiger partial charge in [-0.2, -0.15) is 0 Å². The summed E-state index contributed by atoms with van der Waals surface area (Å²) in [6.07, 6.45) is 4.26. The normalized spacial score (nSPS) is 29.7. The third kappa shape index (κ3) is 2.96. The number of benzene rings is 1. The first-order chi connectivity index (χ1) is 9.11. The van der Waals surface area contributed by atoms with E-state index in [1.165, 1.54) is 18.6 Å². The number of rotatable bonds is 4. The topological polar surface area (TPSA) is 29.1 Å². The SMILES string of the molecule is CC(Cc1ccc(F)cc1)NC(=O)C1CC2CC2C1. The Hall–Kier alpha value is -1.38. The first kappa shape index (κ1) is 12.6. The monoisotopic (exact) mass is 261 g/mol. The average molecular weight is 261 g/mol. The first-order valence-corrected chi connectivity index (χ1v) is 7.16. The van der Waals surface area contributed by atoms with Crippen molar-refractivity contribution in [2.24, 2.45) is 17.8 Å². The lowest BCUT2D eigenvalue weighted by Gasteiger charge is -2.18. The molecule has 3 unspecified atom stereocenters. The van der Waals surface area contributed by atoms with Crippen LogP contribution in [0, 0.1) is 23.6 Å². The second-order valence-electron chi connectivity index (χ2n) is 6.16. The lowest BCUT2D eigenvalue weighted by atomic mass is 10.0. The fraction of sp³-hybridized carbons (Fsp3) is 0.562. The van der Waals surface area contributed by atoms with Gasteiger partial charge >= 0.3 is 0 Å². The minimum atomic E-state index is -0.217. The van der Waals surface area contributed by atoms with Crippen LogP contribution in [0.1, 0.15) is 31.7 Å². The maximum atomic E-state index is 12.8. The van der Waals surface area contributed by atoms with Gasteiger partial charge < -0.3 is 5.32 Å². The van der Waals surface area contributed by atoms with E-state index >= 15 is 0 Å². The lowest BCUT2D eigenvalue weighted by Crippen LogP contribution is -2.38. The van der Waals surface area contributed by atoms with Crippen molar-refractivity contribution in [3.8, 4) is 0 Å². The number of hydrogen-bond donors (Lipinski definition) is 1. The van der Waals surface area contributed by atoms with Gasteiger partial charge in [0.25, 0.3) is 0 Å². The maximum Gasteiger partial charge on any atom is 0.223 e. The Kier molecular flexibility index (Phi) is 3.29. The molecule has 3 rings (SSSR count). The molecule has 3 heteroatoms. The summed E-state index contributed by atoms with van der Waals surface area (Å²) in [4.78, 5) is 12.1. The fourth-order valence-electron chi connectivity index (χ4n) is 3.31. The van der Waals surface area contributed by atoms with Crippen LogP contribution < -0.4 is 5.32 Å². The Balaban J connectivity index is 1.49. The fourth-order valence-corrected chi connectivity index (χ4v) is 3.31. The maximum absolute atomic E-state index is 12.8. The van der Waals surface area contributed by atoms with Crippen molar-refractivity contribution < 1.29 is 9.18 Å². The molecule has 2 fully saturated rings. The Bertz CT molecular complexity index is 460. The highest BCUT2D eigenvalue weighted by atomic mass is 19.1. The molecular weight excluding hydrogens is 241 g/mol. The molecular formula is C16H20FNO. The van der Waals surface area contributed by atoms with Crippen LogP contribution in [0.25, 0.3) is 0 Å². The summed E-state index contributed by atoms with van der Waals surface area (Å²) < 4.78 is 12.8. The Morgan fingerprint density at radius 1 is 1.26 bits per heavy atom. The first-order valence-electron chi connectivity index (χ1n) is 7.16. The molecule has 3 atom stereocenters. The second-order valence-corrected chi connectivity index (χ2v) is 6.16. The number of fused-ring (bicyclic) bond motifs is 1. The van der Waals surface area contributed by atoms with Crippen molar-refractivity contribution in [2.45, 2.75) is 38.6 Å². The van der Waals surface area contributed by atoms with Crippen LogP contribution in [-0.2, 0) is 11.2 Å². The van der Waals surface area contributed by atoms with Crippen LogP contribution in [0.2, 0.25) is 0 Å². The standard InChI is InChI=1S/C16H20FNO/c1-10(6-11-2-4-15(17)5-3-11)18-16(19)14-8-12-7-13(12)9-14/h2-5,10,12-14H,6-9H2,1H3,(H,18,19). The van der Waals surface area contributed by atoms with Crippen molar-refractivity contribution >= 4 is 5.91 Å². The average Bonchev–Trinajstić information content (AvgIpc) is 2.99. The molecule has 0 aliphatic heterocycles. The number of amides is 1. The molecule has 2 aliphatic carbocycles. The molecule has 19 heavy (non-hydrogen) atoms. The molecule has 2 nitrogen and oxygen atoms in total. The molecule has 1 amide bonds. The van der Waals surface area contributed by atoms with Gasteiger partial charge in [0.15, 0.2) is 0 Å². The lowest BCUT2D eigenvalue weighted by molar-refractivity contribution is -0.125. The van der Waals surface area contributed by atoms with Crippen molar-refractivity contribution in [3.05, 3.63) is 35.6 Å². The van der Waals surface area contributed by atoms with E-state index < -0.39 is 0 Å². The molecule has 2 aliphatic rings. The minimum Gasteiger partial charge on any atom is -0.353 e. The summed E-state index contributed by atoms with van der Waals surface area (Å²) in [6.45, 7) is 2.01.